The van der Waals surface area contributed by atoms with Crippen LogP contribution in [0.25, 0.3) is 10.6 Å². The molecule has 1 N–H and O–H groups in total. The molecule has 3 aromatic rings. The molecule has 0 radical (unpaired) electrons. The van der Waals surface area contributed by atoms with Gasteiger partial charge in [0, 0.05) is 42.9 Å². The molecule has 11 heteroatoms. The summed E-state index contributed by atoms with van der Waals surface area (Å²) in [5.74, 6) is -4.02. The van der Waals surface area contributed by atoms with E-state index in [9.17, 15) is 27.9 Å². The molecule has 1 amide bonds. The molecule has 1 unspecified atom stereocenters. The molecule has 2 bridgehead atoms. The maximum Gasteiger partial charge on any atom is 0.274 e. The number of aromatic hydroxyl groups is 1. The fraction of sp³-hybridized carbons (Fsp3) is 0.391. The van der Waals surface area contributed by atoms with Gasteiger partial charge in [-0.3, -0.25) is 9.59 Å². The number of aromatic nitrogens is 3. The van der Waals surface area contributed by atoms with Gasteiger partial charge in [-0.2, -0.15) is 0 Å². The summed E-state index contributed by atoms with van der Waals surface area (Å²) in [6, 6.07) is 1.20. The number of amides is 1. The van der Waals surface area contributed by atoms with E-state index in [1.807, 2.05) is 4.57 Å². The summed E-state index contributed by atoms with van der Waals surface area (Å²) in [5.41, 5.74) is -0.574. The summed E-state index contributed by atoms with van der Waals surface area (Å²) in [7, 11) is 0. The standard InChI is InChI=1S/C23H19F3N4O3S/c24-11-7-13(25)12(14(26)8-11)9-16-27-28-21(34-16)17-15-3-5-23-4-1-2-6-29(10-23)22(33)18(30(15)23)20(32)19(17)31/h7-8,32H,1-6,9-10H2. The van der Waals surface area contributed by atoms with Gasteiger partial charge in [-0.05, 0) is 32.1 Å². The van der Waals surface area contributed by atoms with E-state index in [0.29, 0.717) is 37.3 Å². The van der Waals surface area contributed by atoms with Crippen LogP contribution in [-0.4, -0.2) is 43.8 Å². The zero-order chi connectivity index (χ0) is 23.8. The SMILES string of the molecule is O=C1c2c(O)c(=O)c(-c3nnc(Cc4c(F)cc(F)cc4F)s3)c3n2C2(CCCCN1C2)CC3. The first-order valence-electron chi connectivity index (χ1n) is 11.1. The molecule has 176 valence electrons. The summed E-state index contributed by atoms with van der Waals surface area (Å²) >= 11 is 0.981. The van der Waals surface area contributed by atoms with E-state index in [2.05, 4.69) is 10.2 Å². The zero-order valence-corrected chi connectivity index (χ0v) is 18.7. The monoisotopic (exact) mass is 488 g/mol. The van der Waals surface area contributed by atoms with Gasteiger partial charge in [0.25, 0.3) is 5.91 Å². The van der Waals surface area contributed by atoms with Crippen molar-refractivity contribution < 1.29 is 23.1 Å². The molecule has 0 saturated carbocycles. The van der Waals surface area contributed by atoms with Crippen LogP contribution in [0.2, 0.25) is 0 Å². The third kappa shape index (κ3) is 2.95. The predicted octanol–water partition coefficient (Wildman–Crippen LogP) is 3.36. The van der Waals surface area contributed by atoms with Crippen LogP contribution >= 0.6 is 11.3 Å². The Labute approximate surface area is 195 Å². The molecular weight excluding hydrogens is 469 g/mol. The highest BCUT2D eigenvalue weighted by Crippen LogP contribution is 2.47. The summed E-state index contributed by atoms with van der Waals surface area (Å²) in [4.78, 5) is 28.1. The fourth-order valence-electron chi connectivity index (χ4n) is 5.65. The first kappa shape index (κ1) is 21.3. The maximum absolute atomic E-state index is 14.1. The molecule has 5 heterocycles. The molecule has 1 fully saturated rings. The van der Waals surface area contributed by atoms with Crippen molar-refractivity contribution in [2.75, 3.05) is 13.1 Å². The number of pyridine rings is 1. The molecular formula is C23H19F3N4O3S. The van der Waals surface area contributed by atoms with Crippen molar-refractivity contribution >= 4 is 17.2 Å². The first-order valence-corrected chi connectivity index (χ1v) is 11.9. The Balaban J connectivity index is 1.47. The van der Waals surface area contributed by atoms with Crippen molar-refractivity contribution in [1.82, 2.24) is 19.7 Å². The Kier molecular flexibility index (Phi) is 4.64. The fourth-order valence-corrected chi connectivity index (χ4v) is 6.56. The molecule has 3 aliphatic heterocycles. The molecule has 1 atom stereocenters. The number of benzene rings is 1. The van der Waals surface area contributed by atoms with Gasteiger partial charge in [-0.15, -0.1) is 10.2 Å². The van der Waals surface area contributed by atoms with E-state index in [1.165, 1.54) is 0 Å². The third-order valence-electron chi connectivity index (χ3n) is 7.16. The van der Waals surface area contributed by atoms with Gasteiger partial charge in [0.15, 0.2) is 16.5 Å². The van der Waals surface area contributed by atoms with Gasteiger partial charge in [0.1, 0.15) is 22.5 Å². The van der Waals surface area contributed by atoms with E-state index in [4.69, 9.17) is 0 Å². The Morgan fingerprint density at radius 2 is 1.85 bits per heavy atom. The highest BCUT2D eigenvalue weighted by Gasteiger charge is 2.50. The Hall–Kier alpha value is -3.21. The van der Waals surface area contributed by atoms with Gasteiger partial charge in [-0.1, -0.05) is 11.3 Å². The minimum Gasteiger partial charge on any atom is -0.503 e. The summed E-state index contributed by atoms with van der Waals surface area (Å²) in [5, 5.41) is 19.4. The van der Waals surface area contributed by atoms with Crippen molar-refractivity contribution in [2.24, 2.45) is 0 Å². The summed E-state index contributed by atoms with van der Waals surface area (Å²) < 4.78 is 43.3. The Bertz CT molecular complexity index is 1410. The molecule has 6 rings (SSSR count). The highest BCUT2D eigenvalue weighted by atomic mass is 32.1. The number of rotatable bonds is 3. The second kappa shape index (κ2) is 7.39. The van der Waals surface area contributed by atoms with Crippen LogP contribution in [0.5, 0.6) is 5.75 Å². The predicted molar refractivity (Wildman–Crippen MR) is 116 cm³/mol. The van der Waals surface area contributed by atoms with E-state index < -0.39 is 28.6 Å². The minimum absolute atomic E-state index is 0.0367. The molecule has 1 spiro atoms. The third-order valence-corrected chi connectivity index (χ3v) is 8.10. The maximum atomic E-state index is 14.1. The van der Waals surface area contributed by atoms with Gasteiger partial charge in [0.05, 0.1) is 11.1 Å². The van der Waals surface area contributed by atoms with Crippen LogP contribution in [0.15, 0.2) is 16.9 Å². The largest absolute Gasteiger partial charge is 0.503 e. The lowest BCUT2D eigenvalue weighted by atomic mass is 9.89. The zero-order valence-electron chi connectivity index (χ0n) is 17.9. The topological polar surface area (TPSA) is 88.3 Å². The van der Waals surface area contributed by atoms with E-state index in [1.54, 1.807) is 4.90 Å². The number of hydrogen-bond donors (Lipinski definition) is 1. The normalized spacial score (nSPS) is 21.0. The van der Waals surface area contributed by atoms with Crippen molar-refractivity contribution in [1.29, 1.82) is 0 Å². The molecule has 1 aromatic carbocycles. The smallest absolute Gasteiger partial charge is 0.274 e. The number of fused-ring (bicyclic) bond motifs is 1. The molecule has 34 heavy (non-hydrogen) atoms. The highest BCUT2D eigenvalue weighted by molar-refractivity contribution is 7.14. The molecule has 0 aliphatic carbocycles. The minimum atomic E-state index is -1.03. The summed E-state index contributed by atoms with van der Waals surface area (Å²) in [6.45, 7) is 1.14. The first-order chi connectivity index (χ1) is 16.3. The number of carbonyl (C=O) groups is 1. The number of halogens is 3. The number of carbonyl (C=O) groups excluding carboxylic acids is 1. The lowest BCUT2D eigenvalue weighted by Crippen LogP contribution is -2.52. The lowest BCUT2D eigenvalue weighted by Gasteiger charge is -2.41. The second-order valence-electron chi connectivity index (χ2n) is 9.12. The number of hydrogen-bond acceptors (Lipinski definition) is 6. The number of nitrogens with zero attached hydrogens (tertiary/aromatic N) is 4. The molecule has 2 aromatic heterocycles. The van der Waals surface area contributed by atoms with Crippen LogP contribution in [0.1, 0.15) is 52.4 Å². The van der Waals surface area contributed by atoms with Crippen LogP contribution < -0.4 is 5.43 Å². The average Bonchev–Trinajstić information content (AvgIpc) is 3.33. The average molecular weight is 488 g/mol. The Morgan fingerprint density at radius 1 is 1.09 bits per heavy atom. The molecule has 7 nitrogen and oxygen atoms in total. The van der Waals surface area contributed by atoms with Gasteiger partial charge >= 0.3 is 0 Å². The van der Waals surface area contributed by atoms with Crippen molar-refractivity contribution in [3.8, 4) is 16.3 Å². The quantitative estimate of drug-likeness (QED) is 0.611. The van der Waals surface area contributed by atoms with Gasteiger partial charge in [0.2, 0.25) is 5.43 Å². The van der Waals surface area contributed by atoms with E-state index in [0.717, 1.165) is 37.0 Å². The van der Waals surface area contributed by atoms with E-state index >= 15 is 0 Å². The van der Waals surface area contributed by atoms with Crippen LogP contribution in [0.3, 0.4) is 0 Å². The molecule has 1 saturated heterocycles. The van der Waals surface area contributed by atoms with Crippen LogP contribution in [0.4, 0.5) is 13.2 Å². The lowest BCUT2D eigenvalue weighted by molar-refractivity contribution is 0.0586. The van der Waals surface area contributed by atoms with E-state index in [-0.39, 0.29) is 44.7 Å². The van der Waals surface area contributed by atoms with Crippen LogP contribution in [0, 0.1) is 17.5 Å². The van der Waals surface area contributed by atoms with Gasteiger partial charge in [-0.25, -0.2) is 13.2 Å². The summed E-state index contributed by atoms with van der Waals surface area (Å²) in [6.07, 6.45) is 3.64. The van der Waals surface area contributed by atoms with Crippen molar-refractivity contribution in [3.05, 3.63) is 61.8 Å². The second-order valence-corrected chi connectivity index (χ2v) is 10.2. The Morgan fingerprint density at radius 3 is 2.62 bits per heavy atom. The van der Waals surface area contributed by atoms with Crippen molar-refractivity contribution in [2.45, 2.75) is 44.1 Å². The van der Waals surface area contributed by atoms with Crippen LogP contribution in [-0.2, 0) is 18.4 Å². The van der Waals surface area contributed by atoms with Gasteiger partial charge < -0.3 is 14.6 Å². The van der Waals surface area contributed by atoms with Crippen molar-refractivity contribution in [3.63, 3.8) is 0 Å². The molecule has 3 aliphatic rings.